The van der Waals surface area contributed by atoms with Gasteiger partial charge in [-0.15, -0.1) is 0 Å². The van der Waals surface area contributed by atoms with Gasteiger partial charge in [-0.25, -0.2) is 0 Å². The SMILES string of the molecule is CC1=CCC[C@@H](CCc2ccccc2)C1. The maximum Gasteiger partial charge on any atom is -0.0276 e. The molecule has 0 radical (unpaired) electrons. The Labute approximate surface area is 93.0 Å². The lowest BCUT2D eigenvalue weighted by Crippen LogP contribution is -2.06. The standard InChI is InChI=1S/C15H20/c1-13-6-5-9-15(12-13)11-10-14-7-3-2-4-8-14/h2-4,6-8,15H,5,9-12H2,1H3/t15-/m0/s1. The number of allylic oxidation sites excluding steroid dienone is 2. The molecule has 2 rings (SSSR count). The minimum Gasteiger partial charge on any atom is -0.0856 e. The third-order valence-electron chi connectivity index (χ3n) is 3.36. The molecule has 15 heavy (non-hydrogen) atoms. The third kappa shape index (κ3) is 3.23. The fourth-order valence-electron chi connectivity index (χ4n) is 2.47. The van der Waals surface area contributed by atoms with Gasteiger partial charge >= 0.3 is 0 Å². The molecule has 0 bridgehead atoms. The average Bonchev–Trinajstić information content (AvgIpc) is 2.28. The molecular formula is C15H20. The van der Waals surface area contributed by atoms with Gasteiger partial charge in [0.2, 0.25) is 0 Å². The van der Waals surface area contributed by atoms with Crippen LogP contribution in [0.2, 0.25) is 0 Å². The highest BCUT2D eigenvalue weighted by atomic mass is 14.2. The zero-order valence-electron chi connectivity index (χ0n) is 9.58. The predicted octanol–water partition coefficient (Wildman–Crippen LogP) is 4.37. The van der Waals surface area contributed by atoms with E-state index in [1.54, 1.807) is 5.57 Å². The number of rotatable bonds is 3. The quantitative estimate of drug-likeness (QED) is 0.636. The van der Waals surface area contributed by atoms with Crippen LogP contribution < -0.4 is 0 Å². The highest BCUT2D eigenvalue weighted by Crippen LogP contribution is 2.27. The van der Waals surface area contributed by atoms with Gasteiger partial charge in [-0.3, -0.25) is 0 Å². The molecule has 0 fully saturated rings. The van der Waals surface area contributed by atoms with E-state index in [2.05, 4.69) is 43.3 Å². The maximum absolute atomic E-state index is 2.40. The lowest BCUT2D eigenvalue weighted by molar-refractivity contribution is 0.433. The molecular weight excluding hydrogens is 180 g/mol. The van der Waals surface area contributed by atoms with Crippen molar-refractivity contribution in [2.75, 3.05) is 0 Å². The van der Waals surface area contributed by atoms with Crippen LogP contribution in [-0.4, -0.2) is 0 Å². The Bertz CT molecular complexity index is 321. The van der Waals surface area contributed by atoms with Crippen LogP contribution in [0.1, 0.15) is 38.2 Å². The van der Waals surface area contributed by atoms with Gasteiger partial charge in [-0.2, -0.15) is 0 Å². The third-order valence-corrected chi connectivity index (χ3v) is 3.36. The van der Waals surface area contributed by atoms with Crippen LogP contribution in [0.4, 0.5) is 0 Å². The van der Waals surface area contributed by atoms with Gasteiger partial charge < -0.3 is 0 Å². The summed E-state index contributed by atoms with van der Waals surface area (Å²) < 4.78 is 0. The lowest BCUT2D eigenvalue weighted by Gasteiger charge is -2.20. The maximum atomic E-state index is 2.40. The monoisotopic (exact) mass is 200 g/mol. The summed E-state index contributed by atoms with van der Waals surface area (Å²) in [5, 5.41) is 0. The van der Waals surface area contributed by atoms with E-state index in [9.17, 15) is 0 Å². The van der Waals surface area contributed by atoms with Gasteiger partial charge in [-0.1, -0.05) is 42.0 Å². The summed E-state index contributed by atoms with van der Waals surface area (Å²) in [6.45, 7) is 2.27. The summed E-state index contributed by atoms with van der Waals surface area (Å²) in [5.74, 6) is 0.926. The van der Waals surface area contributed by atoms with Crippen molar-refractivity contribution >= 4 is 0 Å². The highest BCUT2D eigenvalue weighted by molar-refractivity contribution is 5.15. The molecule has 1 aliphatic carbocycles. The van der Waals surface area contributed by atoms with Gasteiger partial charge in [0.1, 0.15) is 0 Å². The van der Waals surface area contributed by atoms with E-state index in [0.29, 0.717) is 0 Å². The molecule has 0 heterocycles. The van der Waals surface area contributed by atoms with Crippen molar-refractivity contribution in [1.82, 2.24) is 0 Å². The molecule has 0 saturated heterocycles. The Hall–Kier alpha value is -1.04. The van der Waals surface area contributed by atoms with Gasteiger partial charge in [0.05, 0.1) is 0 Å². The minimum absolute atomic E-state index is 0.926. The van der Waals surface area contributed by atoms with E-state index in [1.165, 1.54) is 37.7 Å². The second-order valence-corrected chi connectivity index (χ2v) is 4.72. The van der Waals surface area contributed by atoms with E-state index in [-0.39, 0.29) is 0 Å². The van der Waals surface area contributed by atoms with E-state index in [1.807, 2.05) is 0 Å². The van der Waals surface area contributed by atoms with Crippen LogP contribution in [-0.2, 0) is 6.42 Å². The molecule has 1 aliphatic rings. The van der Waals surface area contributed by atoms with E-state index in [0.717, 1.165) is 5.92 Å². The number of hydrogen-bond donors (Lipinski definition) is 0. The smallest absolute Gasteiger partial charge is 0.0276 e. The molecule has 0 heteroatoms. The zero-order chi connectivity index (χ0) is 10.5. The topological polar surface area (TPSA) is 0 Å². The predicted molar refractivity (Wildman–Crippen MR) is 65.9 cm³/mol. The van der Waals surface area contributed by atoms with E-state index >= 15 is 0 Å². The molecule has 0 spiro atoms. The van der Waals surface area contributed by atoms with Crippen LogP contribution in [0.15, 0.2) is 42.0 Å². The van der Waals surface area contributed by atoms with Crippen molar-refractivity contribution in [3.63, 3.8) is 0 Å². The van der Waals surface area contributed by atoms with Crippen molar-refractivity contribution in [1.29, 1.82) is 0 Å². The summed E-state index contributed by atoms with van der Waals surface area (Å²) >= 11 is 0. The summed E-state index contributed by atoms with van der Waals surface area (Å²) in [4.78, 5) is 0. The Morgan fingerprint density at radius 3 is 2.73 bits per heavy atom. The first-order valence-corrected chi connectivity index (χ1v) is 6.04. The first-order chi connectivity index (χ1) is 7.34. The Kier molecular flexibility index (Phi) is 3.60. The molecule has 0 aliphatic heterocycles. The highest BCUT2D eigenvalue weighted by Gasteiger charge is 2.12. The van der Waals surface area contributed by atoms with Crippen LogP contribution in [0.3, 0.4) is 0 Å². The fraction of sp³-hybridized carbons (Fsp3) is 0.467. The Morgan fingerprint density at radius 2 is 2.00 bits per heavy atom. The first kappa shape index (κ1) is 10.5. The molecule has 0 saturated carbocycles. The van der Waals surface area contributed by atoms with E-state index < -0.39 is 0 Å². The van der Waals surface area contributed by atoms with Crippen LogP contribution in [0, 0.1) is 5.92 Å². The Balaban J connectivity index is 1.81. The lowest BCUT2D eigenvalue weighted by atomic mass is 9.85. The summed E-state index contributed by atoms with van der Waals surface area (Å²) in [6.07, 6.45) is 9.02. The van der Waals surface area contributed by atoms with Gasteiger partial charge in [-0.05, 0) is 50.5 Å². The number of aryl methyl sites for hydroxylation is 1. The zero-order valence-corrected chi connectivity index (χ0v) is 9.58. The van der Waals surface area contributed by atoms with Crippen LogP contribution in [0.5, 0.6) is 0 Å². The van der Waals surface area contributed by atoms with Crippen molar-refractivity contribution in [3.05, 3.63) is 47.5 Å². The number of benzene rings is 1. The van der Waals surface area contributed by atoms with Crippen LogP contribution in [0.25, 0.3) is 0 Å². The molecule has 0 nitrogen and oxygen atoms in total. The summed E-state index contributed by atoms with van der Waals surface area (Å²) in [7, 11) is 0. The molecule has 0 N–H and O–H groups in total. The second-order valence-electron chi connectivity index (χ2n) is 4.72. The summed E-state index contributed by atoms with van der Waals surface area (Å²) in [6, 6.07) is 10.9. The normalized spacial score (nSPS) is 21.1. The van der Waals surface area contributed by atoms with Crippen molar-refractivity contribution in [2.45, 2.75) is 39.0 Å². The molecule has 0 aromatic heterocycles. The van der Waals surface area contributed by atoms with Gasteiger partial charge in [0.25, 0.3) is 0 Å². The molecule has 80 valence electrons. The second kappa shape index (κ2) is 5.16. The molecule has 1 atom stereocenters. The van der Waals surface area contributed by atoms with Crippen molar-refractivity contribution in [2.24, 2.45) is 5.92 Å². The molecule has 0 unspecified atom stereocenters. The fourth-order valence-corrected chi connectivity index (χ4v) is 2.47. The van der Waals surface area contributed by atoms with Gasteiger partial charge in [0, 0.05) is 0 Å². The minimum atomic E-state index is 0.926. The van der Waals surface area contributed by atoms with Crippen LogP contribution >= 0.6 is 0 Å². The van der Waals surface area contributed by atoms with Crippen molar-refractivity contribution in [3.8, 4) is 0 Å². The van der Waals surface area contributed by atoms with Gasteiger partial charge in [0.15, 0.2) is 0 Å². The molecule has 1 aromatic rings. The van der Waals surface area contributed by atoms with Crippen molar-refractivity contribution < 1.29 is 0 Å². The molecule has 1 aromatic carbocycles. The molecule has 0 amide bonds. The number of hydrogen-bond acceptors (Lipinski definition) is 0. The van der Waals surface area contributed by atoms with E-state index in [4.69, 9.17) is 0 Å². The first-order valence-electron chi connectivity index (χ1n) is 6.04. The average molecular weight is 200 g/mol. The Morgan fingerprint density at radius 1 is 1.20 bits per heavy atom. The largest absolute Gasteiger partial charge is 0.0856 e. The summed E-state index contributed by atoms with van der Waals surface area (Å²) in [5.41, 5.74) is 3.09.